The van der Waals surface area contributed by atoms with E-state index < -0.39 is 24.1 Å². The Kier molecular flexibility index (Phi) is 36.2. The van der Waals surface area contributed by atoms with Gasteiger partial charge in [0.1, 0.15) is 0 Å². The number of carbonyl (C=O) groups is 2. The van der Waals surface area contributed by atoms with Crippen molar-refractivity contribution in [3.63, 3.8) is 0 Å². The van der Waals surface area contributed by atoms with Gasteiger partial charge in [-0.25, -0.2) is 9.59 Å². The summed E-state index contributed by atoms with van der Waals surface area (Å²) in [5.74, 6) is -1.18. The predicted octanol–water partition coefficient (Wildman–Crippen LogP) is 5.63. The maximum absolute atomic E-state index is 12.3. The van der Waals surface area contributed by atoms with Crippen molar-refractivity contribution < 1.29 is 48.2 Å². The van der Waals surface area contributed by atoms with Gasteiger partial charge in [-0.2, -0.15) is 0 Å². The first kappa shape index (κ1) is 52.6. The molecule has 0 fully saturated rings. The van der Waals surface area contributed by atoms with E-state index in [0.717, 1.165) is 90.5 Å². The molecule has 0 radical (unpaired) electrons. The van der Waals surface area contributed by atoms with E-state index in [1.807, 2.05) is 44.8 Å². The standard InChI is InChI=1S/C41H83N3O10/c1-8-10-12-18-28-49-36(3)51-30-20-14-16-22-32-53-40(47)38(45)34-43(6)26-24-42(5)25-27-44(7)35-39(46)41(48)54-33-23-17-15-21-31-52-37(4)50-29-19-13-11-9-2/h36-39,45-46H,8-35H2,1-7H3. The molecule has 4 atom stereocenters. The van der Waals surface area contributed by atoms with Gasteiger partial charge in [0, 0.05) is 65.7 Å². The summed E-state index contributed by atoms with van der Waals surface area (Å²) in [6.45, 7) is 14.8. The van der Waals surface area contributed by atoms with Crippen LogP contribution in [0.15, 0.2) is 0 Å². The lowest BCUT2D eigenvalue weighted by molar-refractivity contribution is -0.155. The van der Waals surface area contributed by atoms with Crippen LogP contribution >= 0.6 is 0 Å². The molecule has 0 aliphatic rings. The molecule has 0 rings (SSSR count). The number of hydrogen-bond donors (Lipinski definition) is 2. The van der Waals surface area contributed by atoms with Crippen molar-refractivity contribution in [3.8, 4) is 0 Å². The highest BCUT2D eigenvalue weighted by Gasteiger charge is 2.20. The van der Waals surface area contributed by atoms with E-state index in [2.05, 4.69) is 18.7 Å². The summed E-state index contributed by atoms with van der Waals surface area (Å²) in [5, 5.41) is 20.6. The van der Waals surface area contributed by atoms with Crippen LogP contribution in [-0.2, 0) is 38.0 Å². The lowest BCUT2D eigenvalue weighted by Crippen LogP contribution is -2.42. The molecule has 13 heteroatoms. The minimum atomic E-state index is -1.19. The molecule has 13 nitrogen and oxygen atoms in total. The van der Waals surface area contributed by atoms with Crippen LogP contribution in [0.25, 0.3) is 0 Å². The van der Waals surface area contributed by atoms with Crippen molar-refractivity contribution >= 4 is 11.9 Å². The summed E-state index contributed by atoms with van der Waals surface area (Å²) in [6, 6.07) is 0. The zero-order chi connectivity index (χ0) is 40.2. The maximum atomic E-state index is 12.3. The number of ether oxygens (including phenoxy) is 6. The lowest BCUT2D eigenvalue weighted by Gasteiger charge is -2.26. The van der Waals surface area contributed by atoms with E-state index in [-0.39, 0.29) is 25.7 Å². The number of aliphatic hydroxyl groups excluding tert-OH is 2. The van der Waals surface area contributed by atoms with E-state index in [0.29, 0.717) is 39.5 Å². The van der Waals surface area contributed by atoms with Crippen LogP contribution in [-0.4, -0.2) is 162 Å². The van der Waals surface area contributed by atoms with Crippen LogP contribution < -0.4 is 0 Å². The first-order valence-corrected chi connectivity index (χ1v) is 21.2. The third-order valence-electron chi connectivity index (χ3n) is 9.21. The molecule has 4 unspecified atom stereocenters. The highest BCUT2D eigenvalue weighted by molar-refractivity contribution is 5.75. The fourth-order valence-electron chi connectivity index (χ4n) is 5.52. The number of rotatable bonds is 40. The number of hydrogen-bond acceptors (Lipinski definition) is 13. The Balaban J connectivity index is 3.84. The molecule has 0 saturated carbocycles. The average Bonchev–Trinajstić information content (AvgIpc) is 3.14. The fraction of sp³-hybridized carbons (Fsp3) is 0.951. The Bertz CT molecular complexity index is 792. The smallest absolute Gasteiger partial charge is 0.336 e. The van der Waals surface area contributed by atoms with Gasteiger partial charge in [-0.1, -0.05) is 65.2 Å². The molecule has 54 heavy (non-hydrogen) atoms. The molecule has 0 heterocycles. The summed E-state index contributed by atoms with van der Waals surface area (Å²) in [4.78, 5) is 30.5. The molecule has 0 aliphatic carbocycles. The molecule has 0 spiro atoms. The van der Waals surface area contributed by atoms with Crippen LogP contribution in [0.2, 0.25) is 0 Å². The van der Waals surface area contributed by atoms with Crippen LogP contribution in [0.3, 0.4) is 0 Å². The van der Waals surface area contributed by atoms with Crippen LogP contribution in [0.1, 0.15) is 130 Å². The van der Waals surface area contributed by atoms with Crippen LogP contribution in [0.5, 0.6) is 0 Å². The first-order chi connectivity index (χ1) is 26.0. The monoisotopic (exact) mass is 778 g/mol. The van der Waals surface area contributed by atoms with Gasteiger partial charge in [-0.05, 0) is 86.4 Å². The molecule has 0 aromatic carbocycles. The van der Waals surface area contributed by atoms with Gasteiger partial charge in [0.25, 0.3) is 0 Å². The van der Waals surface area contributed by atoms with Gasteiger partial charge in [0.2, 0.25) is 0 Å². The van der Waals surface area contributed by atoms with Crippen molar-refractivity contribution in [2.24, 2.45) is 0 Å². The summed E-state index contributed by atoms with van der Waals surface area (Å²) < 4.78 is 33.3. The third-order valence-corrected chi connectivity index (χ3v) is 9.21. The Morgan fingerprint density at radius 3 is 1.04 bits per heavy atom. The van der Waals surface area contributed by atoms with E-state index in [9.17, 15) is 19.8 Å². The Morgan fingerprint density at radius 2 is 0.722 bits per heavy atom. The zero-order valence-electron chi connectivity index (χ0n) is 35.6. The van der Waals surface area contributed by atoms with Gasteiger partial charge in [0.15, 0.2) is 24.8 Å². The molecular weight excluding hydrogens is 694 g/mol. The topological polar surface area (TPSA) is 140 Å². The summed E-state index contributed by atoms with van der Waals surface area (Å²) in [6.07, 6.45) is 13.9. The van der Waals surface area contributed by atoms with Crippen molar-refractivity contribution in [3.05, 3.63) is 0 Å². The second kappa shape index (κ2) is 37.2. The molecule has 0 amide bonds. The molecule has 322 valence electrons. The average molecular weight is 778 g/mol. The quantitative estimate of drug-likeness (QED) is 0.0452. The Hall–Kier alpha value is -1.42. The van der Waals surface area contributed by atoms with E-state index >= 15 is 0 Å². The van der Waals surface area contributed by atoms with Gasteiger partial charge < -0.3 is 53.3 Å². The van der Waals surface area contributed by atoms with E-state index in [4.69, 9.17) is 28.4 Å². The normalized spacial score (nSPS) is 14.1. The van der Waals surface area contributed by atoms with Crippen molar-refractivity contribution in [1.29, 1.82) is 0 Å². The molecule has 2 N–H and O–H groups in total. The largest absolute Gasteiger partial charge is 0.464 e. The van der Waals surface area contributed by atoms with E-state index in [1.54, 1.807) is 0 Å². The second-order valence-corrected chi connectivity index (χ2v) is 14.8. The van der Waals surface area contributed by atoms with Gasteiger partial charge in [-0.15, -0.1) is 0 Å². The summed E-state index contributed by atoms with van der Waals surface area (Å²) in [7, 11) is 5.71. The molecule has 0 aromatic heterocycles. The number of aliphatic hydroxyl groups is 2. The summed E-state index contributed by atoms with van der Waals surface area (Å²) in [5.41, 5.74) is 0. The molecule has 0 aromatic rings. The van der Waals surface area contributed by atoms with E-state index in [1.165, 1.54) is 38.5 Å². The second-order valence-electron chi connectivity index (χ2n) is 14.8. The number of nitrogens with zero attached hydrogens (tertiary/aromatic N) is 3. The summed E-state index contributed by atoms with van der Waals surface area (Å²) >= 11 is 0. The Labute approximate surface area is 329 Å². The minimum Gasteiger partial charge on any atom is -0.464 e. The fourth-order valence-corrected chi connectivity index (χ4v) is 5.52. The van der Waals surface area contributed by atoms with Gasteiger partial charge in [-0.3, -0.25) is 0 Å². The molecule has 0 saturated heterocycles. The van der Waals surface area contributed by atoms with Gasteiger partial charge >= 0.3 is 11.9 Å². The van der Waals surface area contributed by atoms with Crippen LogP contribution in [0, 0.1) is 0 Å². The Morgan fingerprint density at radius 1 is 0.444 bits per heavy atom. The first-order valence-electron chi connectivity index (χ1n) is 21.2. The van der Waals surface area contributed by atoms with Crippen molar-refractivity contribution in [2.45, 2.75) is 155 Å². The number of carbonyl (C=O) groups excluding carboxylic acids is 2. The van der Waals surface area contributed by atoms with Gasteiger partial charge in [0.05, 0.1) is 13.2 Å². The number of unbranched alkanes of at least 4 members (excludes halogenated alkanes) is 12. The highest BCUT2D eigenvalue weighted by atomic mass is 16.7. The predicted molar refractivity (Wildman–Crippen MR) is 214 cm³/mol. The SMILES string of the molecule is CCCCCCOC(C)OCCCCCCOC(=O)C(O)CN(C)CCN(C)CCN(C)CC(O)C(=O)OCCCCCCOC(C)OCCCCCC. The van der Waals surface area contributed by atoms with Crippen molar-refractivity contribution in [1.82, 2.24) is 14.7 Å². The number of esters is 2. The van der Waals surface area contributed by atoms with Crippen molar-refractivity contribution in [2.75, 3.05) is 100 Å². The lowest BCUT2D eigenvalue weighted by atomic mass is 10.2. The zero-order valence-corrected chi connectivity index (χ0v) is 35.6. The molecular formula is C41H83N3O10. The minimum absolute atomic E-state index is 0.179. The van der Waals surface area contributed by atoms with Crippen LogP contribution in [0.4, 0.5) is 0 Å². The number of likely N-dealkylation sites (N-methyl/N-ethyl adjacent to an activating group) is 3. The maximum Gasteiger partial charge on any atom is 0.336 e. The molecule has 0 bridgehead atoms. The highest BCUT2D eigenvalue weighted by Crippen LogP contribution is 2.07. The molecule has 0 aliphatic heterocycles. The third kappa shape index (κ3) is 33.9.